The van der Waals surface area contributed by atoms with Gasteiger partial charge >= 0.3 is 5.97 Å². The van der Waals surface area contributed by atoms with Crippen molar-refractivity contribution in [3.05, 3.63) is 0 Å². The van der Waals surface area contributed by atoms with Gasteiger partial charge in [-0.3, -0.25) is 4.79 Å². The van der Waals surface area contributed by atoms with Gasteiger partial charge in [0, 0.05) is 0 Å². The second-order valence-electron chi connectivity index (χ2n) is 2.38. The third kappa shape index (κ3) is 1.21. The predicted octanol–water partition coefficient (Wildman–Crippen LogP) is -0.0697. The van der Waals surface area contributed by atoms with E-state index in [0.29, 0.717) is 6.42 Å². The first-order chi connectivity index (χ1) is 4.24. The van der Waals surface area contributed by atoms with Crippen LogP contribution in [0.5, 0.6) is 0 Å². The zero-order valence-electron chi connectivity index (χ0n) is 5.33. The van der Waals surface area contributed by atoms with Crippen molar-refractivity contribution in [3.63, 3.8) is 0 Å². The molecule has 1 N–H and O–H groups in total. The third-order valence-electron chi connectivity index (χ3n) is 1.51. The molecule has 0 aliphatic carbocycles. The first-order valence-electron chi connectivity index (χ1n) is 3.05. The van der Waals surface area contributed by atoms with Crippen molar-refractivity contribution in [2.24, 2.45) is 5.92 Å². The van der Waals surface area contributed by atoms with Gasteiger partial charge in [-0.15, -0.1) is 0 Å². The summed E-state index contributed by atoms with van der Waals surface area (Å²) < 4.78 is 4.73. The number of carbonyl (C=O) groups excluding carboxylic acids is 1. The molecule has 0 bridgehead atoms. The Hall–Kier alpha value is -0.570. The van der Waals surface area contributed by atoms with E-state index in [9.17, 15) is 4.79 Å². The minimum absolute atomic E-state index is 0.0258. The van der Waals surface area contributed by atoms with Crippen molar-refractivity contribution in [3.8, 4) is 0 Å². The Labute approximate surface area is 53.6 Å². The second-order valence-corrected chi connectivity index (χ2v) is 2.38. The Bertz CT molecular complexity index is 121. The van der Waals surface area contributed by atoms with Crippen LogP contribution < -0.4 is 0 Å². The molecule has 0 spiro atoms. The number of hydrogen-bond acceptors (Lipinski definition) is 3. The van der Waals surface area contributed by atoms with Gasteiger partial charge in [0.05, 0.1) is 12.5 Å². The molecular weight excluding hydrogens is 120 g/mol. The number of aliphatic hydroxyl groups is 1. The van der Waals surface area contributed by atoms with Crippen LogP contribution in [0.25, 0.3) is 0 Å². The molecule has 3 heteroatoms. The van der Waals surface area contributed by atoms with Crippen LogP contribution >= 0.6 is 0 Å². The summed E-state index contributed by atoms with van der Waals surface area (Å²) in [5.41, 5.74) is 0. The number of carbonyl (C=O) groups is 1. The quantitative estimate of drug-likeness (QED) is 0.505. The fraction of sp³-hybridized carbons (Fsp3) is 0.833. The van der Waals surface area contributed by atoms with Crippen LogP contribution in [0.2, 0.25) is 0 Å². The lowest BCUT2D eigenvalue weighted by Crippen LogP contribution is -2.10. The van der Waals surface area contributed by atoms with Crippen molar-refractivity contribution in [2.75, 3.05) is 6.61 Å². The van der Waals surface area contributed by atoms with E-state index < -0.39 is 0 Å². The highest BCUT2D eigenvalue weighted by Crippen LogP contribution is 2.19. The fourth-order valence-corrected chi connectivity index (χ4v) is 0.931. The lowest BCUT2D eigenvalue weighted by Gasteiger charge is -2.01. The second kappa shape index (κ2) is 2.35. The molecular formula is C6H10O3. The van der Waals surface area contributed by atoms with Gasteiger partial charge in [0.15, 0.2) is 0 Å². The number of ether oxygens (including phenoxy) is 1. The molecule has 1 saturated heterocycles. The molecule has 0 radical (unpaired) electrons. The summed E-state index contributed by atoms with van der Waals surface area (Å²) in [5, 5.41) is 8.52. The van der Waals surface area contributed by atoms with E-state index >= 15 is 0 Å². The first kappa shape index (κ1) is 6.55. The Morgan fingerprint density at radius 2 is 2.56 bits per heavy atom. The maximum atomic E-state index is 10.6. The summed E-state index contributed by atoms with van der Waals surface area (Å²) >= 11 is 0. The predicted molar refractivity (Wildman–Crippen MR) is 30.7 cm³/mol. The van der Waals surface area contributed by atoms with E-state index in [-0.39, 0.29) is 24.6 Å². The Morgan fingerprint density at radius 3 is 2.78 bits per heavy atom. The van der Waals surface area contributed by atoms with Crippen LogP contribution in [0.4, 0.5) is 0 Å². The van der Waals surface area contributed by atoms with Crippen molar-refractivity contribution in [1.82, 2.24) is 0 Å². The van der Waals surface area contributed by atoms with Gasteiger partial charge in [-0.2, -0.15) is 0 Å². The van der Waals surface area contributed by atoms with Crippen LogP contribution in [-0.2, 0) is 9.53 Å². The summed E-state index contributed by atoms with van der Waals surface area (Å²) in [6, 6.07) is 0. The summed E-state index contributed by atoms with van der Waals surface area (Å²) in [6.45, 7) is 1.76. The molecule has 52 valence electrons. The Morgan fingerprint density at radius 1 is 1.89 bits per heavy atom. The summed E-state index contributed by atoms with van der Waals surface area (Å²) in [4.78, 5) is 10.6. The van der Waals surface area contributed by atoms with E-state index in [4.69, 9.17) is 9.84 Å². The van der Waals surface area contributed by atoms with Crippen LogP contribution in [-0.4, -0.2) is 23.8 Å². The molecule has 1 unspecified atom stereocenters. The minimum Gasteiger partial charge on any atom is -0.460 e. The molecule has 0 amide bonds. The number of cyclic esters (lactones) is 1. The lowest BCUT2D eigenvalue weighted by atomic mass is 10.1. The van der Waals surface area contributed by atoms with E-state index in [1.54, 1.807) is 6.92 Å². The molecule has 0 aromatic rings. The van der Waals surface area contributed by atoms with Crippen molar-refractivity contribution in [2.45, 2.75) is 19.4 Å². The van der Waals surface area contributed by atoms with Gasteiger partial charge in [-0.05, 0) is 6.42 Å². The van der Waals surface area contributed by atoms with Crippen LogP contribution in [0, 0.1) is 5.92 Å². The van der Waals surface area contributed by atoms with Gasteiger partial charge in [-0.1, -0.05) is 6.92 Å². The molecule has 0 saturated carbocycles. The molecule has 0 aromatic carbocycles. The normalized spacial score (nSPS) is 34.7. The molecule has 1 aliphatic rings. The number of hydrogen-bond donors (Lipinski definition) is 1. The van der Waals surface area contributed by atoms with E-state index in [1.165, 1.54) is 0 Å². The monoisotopic (exact) mass is 130 g/mol. The molecule has 1 heterocycles. The van der Waals surface area contributed by atoms with Crippen molar-refractivity contribution in [1.29, 1.82) is 0 Å². The van der Waals surface area contributed by atoms with Crippen molar-refractivity contribution >= 4 is 5.97 Å². The van der Waals surface area contributed by atoms with Gasteiger partial charge in [0.25, 0.3) is 0 Å². The zero-order valence-corrected chi connectivity index (χ0v) is 5.33. The SMILES string of the molecule is C[C@H]1CC(CO)OC1=O. The third-order valence-corrected chi connectivity index (χ3v) is 1.51. The molecule has 1 fully saturated rings. The van der Waals surface area contributed by atoms with E-state index in [0.717, 1.165) is 0 Å². The topological polar surface area (TPSA) is 46.5 Å². The summed E-state index contributed by atoms with van der Waals surface area (Å²) in [7, 11) is 0. The fourth-order valence-electron chi connectivity index (χ4n) is 0.931. The molecule has 2 atom stereocenters. The van der Waals surface area contributed by atoms with Gasteiger partial charge < -0.3 is 9.84 Å². The molecule has 1 aliphatic heterocycles. The maximum Gasteiger partial charge on any atom is 0.309 e. The van der Waals surface area contributed by atoms with Crippen LogP contribution in [0.15, 0.2) is 0 Å². The largest absolute Gasteiger partial charge is 0.460 e. The lowest BCUT2D eigenvalue weighted by molar-refractivity contribution is -0.145. The zero-order chi connectivity index (χ0) is 6.85. The first-order valence-corrected chi connectivity index (χ1v) is 3.05. The van der Waals surface area contributed by atoms with Gasteiger partial charge in [0.1, 0.15) is 6.10 Å². The smallest absolute Gasteiger partial charge is 0.309 e. The molecule has 3 nitrogen and oxygen atoms in total. The number of esters is 1. The standard InChI is InChI=1S/C6H10O3/c1-4-2-5(3-7)9-6(4)8/h4-5,7H,2-3H2,1H3/t4-,5?/m0/s1. The molecule has 9 heavy (non-hydrogen) atoms. The van der Waals surface area contributed by atoms with E-state index in [2.05, 4.69) is 0 Å². The Balaban J connectivity index is 2.44. The summed E-state index contributed by atoms with van der Waals surface area (Å²) in [6.07, 6.45) is 0.419. The van der Waals surface area contributed by atoms with Gasteiger partial charge in [-0.25, -0.2) is 0 Å². The molecule has 1 rings (SSSR count). The maximum absolute atomic E-state index is 10.6. The minimum atomic E-state index is -0.243. The summed E-state index contributed by atoms with van der Waals surface area (Å²) in [5.74, 6) is -0.212. The average Bonchev–Trinajstić information content (AvgIpc) is 2.13. The highest BCUT2D eigenvalue weighted by Gasteiger charge is 2.29. The van der Waals surface area contributed by atoms with Gasteiger partial charge in [0.2, 0.25) is 0 Å². The number of rotatable bonds is 1. The Kier molecular flexibility index (Phi) is 1.71. The number of aliphatic hydroxyl groups excluding tert-OH is 1. The molecule has 0 aromatic heterocycles. The average molecular weight is 130 g/mol. The van der Waals surface area contributed by atoms with E-state index in [1.807, 2.05) is 0 Å². The highest BCUT2D eigenvalue weighted by atomic mass is 16.6. The highest BCUT2D eigenvalue weighted by molar-refractivity contribution is 5.74. The van der Waals surface area contributed by atoms with Crippen LogP contribution in [0.3, 0.4) is 0 Å². The van der Waals surface area contributed by atoms with Crippen LogP contribution in [0.1, 0.15) is 13.3 Å². The van der Waals surface area contributed by atoms with Crippen molar-refractivity contribution < 1.29 is 14.6 Å².